The first-order valence-corrected chi connectivity index (χ1v) is 7.48. The van der Waals surface area contributed by atoms with Crippen LogP contribution in [0.15, 0.2) is 35.6 Å². The van der Waals surface area contributed by atoms with E-state index < -0.39 is 24.4 Å². The first-order chi connectivity index (χ1) is 12.3. The molecule has 0 atom stereocenters. The lowest BCUT2D eigenvalue weighted by molar-refractivity contribution is -0.455. The van der Waals surface area contributed by atoms with E-state index in [1.165, 1.54) is 23.2 Å². The van der Waals surface area contributed by atoms with Crippen LogP contribution >= 0.6 is 0 Å². The van der Waals surface area contributed by atoms with Crippen LogP contribution in [0.25, 0.3) is 11.1 Å². The number of hydrogen-bond donors (Lipinski definition) is 4. The number of rotatable bonds is 5. The summed E-state index contributed by atoms with van der Waals surface area (Å²) in [7, 11) is 0. The molecular formula is C16H15F2N3O5. The summed E-state index contributed by atoms with van der Waals surface area (Å²) >= 11 is 0. The average Bonchev–Trinajstić information content (AvgIpc) is 2.54. The Labute approximate surface area is 146 Å². The van der Waals surface area contributed by atoms with E-state index >= 15 is 0 Å². The maximum absolute atomic E-state index is 14.4. The quantitative estimate of drug-likeness (QED) is 0.443. The van der Waals surface area contributed by atoms with Crippen LogP contribution in [0.1, 0.15) is 5.56 Å². The van der Waals surface area contributed by atoms with Gasteiger partial charge in [-0.2, -0.15) is 0 Å². The van der Waals surface area contributed by atoms with E-state index in [0.717, 1.165) is 6.07 Å². The summed E-state index contributed by atoms with van der Waals surface area (Å²) in [4.78, 5) is 9.49. The van der Waals surface area contributed by atoms with Gasteiger partial charge in [0.25, 0.3) is 0 Å². The number of aliphatic hydroxyl groups excluding tert-OH is 1. The number of benzene rings is 1. The summed E-state index contributed by atoms with van der Waals surface area (Å²) in [5, 5.41) is 38.1. The molecule has 0 aliphatic carbocycles. The van der Waals surface area contributed by atoms with E-state index in [-0.39, 0.29) is 35.6 Å². The highest BCUT2D eigenvalue weighted by atomic mass is 19.1. The molecule has 1 aliphatic rings. The maximum Gasteiger partial charge on any atom is 0.473 e. The average molecular weight is 367 g/mol. The molecule has 4 N–H and O–H groups in total. The van der Waals surface area contributed by atoms with Gasteiger partial charge in [-0.1, -0.05) is 23.4 Å². The lowest BCUT2D eigenvalue weighted by atomic mass is 10.0. The molecule has 2 heterocycles. The molecule has 0 spiro atoms. The molecule has 0 unspecified atom stereocenters. The highest BCUT2D eigenvalue weighted by molar-refractivity contribution is 5.99. The molecule has 26 heavy (non-hydrogen) atoms. The molecule has 0 amide bonds. The van der Waals surface area contributed by atoms with Crippen molar-refractivity contribution in [2.45, 2.75) is 12.8 Å². The molecular weight excluding hydrogens is 352 g/mol. The lowest BCUT2D eigenvalue weighted by Gasteiger charge is -2.33. The summed E-state index contributed by atoms with van der Waals surface area (Å²) < 4.78 is 28.6. The van der Waals surface area contributed by atoms with Gasteiger partial charge in [-0.05, 0) is 6.07 Å². The fraction of sp³-hybridized carbons (Fsp3) is 0.250. The van der Waals surface area contributed by atoms with Crippen molar-refractivity contribution in [1.82, 2.24) is 4.98 Å². The van der Waals surface area contributed by atoms with Crippen molar-refractivity contribution in [2.75, 3.05) is 18.0 Å². The van der Waals surface area contributed by atoms with Crippen LogP contribution in [0.3, 0.4) is 0 Å². The minimum absolute atomic E-state index is 0.00896. The van der Waals surface area contributed by atoms with Crippen molar-refractivity contribution in [1.29, 1.82) is 0 Å². The van der Waals surface area contributed by atoms with Gasteiger partial charge in [-0.15, -0.1) is 0 Å². The zero-order valence-corrected chi connectivity index (χ0v) is 13.3. The van der Waals surface area contributed by atoms with Crippen molar-refractivity contribution in [3.05, 3.63) is 47.7 Å². The number of aliphatic hydroxyl groups is 4. The molecule has 138 valence electrons. The van der Waals surface area contributed by atoms with Crippen LogP contribution in [-0.2, 0) is 11.4 Å². The number of aromatic nitrogens is 1. The second-order valence-electron chi connectivity index (χ2n) is 5.64. The van der Waals surface area contributed by atoms with Crippen molar-refractivity contribution >= 4 is 11.5 Å². The van der Waals surface area contributed by atoms with Crippen molar-refractivity contribution in [3.63, 3.8) is 0 Å². The second-order valence-corrected chi connectivity index (χ2v) is 5.64. The topological polar surface area (TPSA) is 119 Å². The van der Waals surface area contributed by atoms with E-state index in [1.807, 2.05) is 0 Å². The van der Waals surface area contributed by atoms with Gasteiger partial charge in [0.15, 0.2) is 11.6 Å². The third-order valence-corrected chi connectivity index (χ3v) is 3.73. The number of hydrogen-bond acceptors (Lipinski definition) is 8. The van der Waals surface area contributed by atoms with E-state index in [9.17, 15) is 8.78 Å². The Kier molecular flexibility index (Phi) is 4.83. The monoisotopic (exact) mass is 367 g/mol. The highest BCUT2D eigenvalue weighted by Crippen LogP contribution is 2.29. The molecule has 0 radical (unpaired) electrons. The Morgan fingerprint density at radius 2 is 1.96 bits per heavy atom. The Hall–Kier alpha value is -2.66. The van der Waals surface area contributed by atoms with Crippen LogP contribution in [0.4, 0.5) is 14.6 Å². The van der Waals surface area contributed by atoms with Crippen LogP contribution in [0, 0.1) is 11.6 Å². The molecule has 3 rings (SSSR count). The van der Waals surface area contributed by atoms with Crippen molar-refractivity contribution in [3.8, 4) is 11.1 Å². The fourth-order valence-electron chi connectivity index (χ4n) is 2.46. The minimum atomic E-state index is -3.37. The van der Waals surface area contributed by atoms with Crippen molar-refractivity contribution in [2.24, 2.45) is 5.16 Å². The molecule has 2 aromatic rings. The van der Waals surface area contributed by atoms with Crippen LogP contribution in [-0.4, -0.2) is 50.4 Å². The van der Waals surface area contributed by atoms with Crippen LogP contribution in [0.5, 0.6) is 0 Å². The predicted molar refractivity (Wildman–Crippen MR) is 85.6 cm³/mol. The molecule has 1 aliphatic heterocycles. The van der Waals surface area contributed by atoms with E-state index in [1.54, 1.807) is 6.07 Å². The van der Waals surface area contributed by atoms with Gasteiger partial charge in [0.05, 0.1) is 25.4 Å². The molecule has 1 aromatic carbocycles. The van der Waals surface area contributed by atoms with Crippen LogP contribution < -0.4 is 4.90 Å². The molecule has 0 bridgehead atoms. The summed E-state index contributed by atoms with van der Waals surface area (Å²) in [5.41, 5.74) is 0.781. The summed E-state index contributed by atoms with van der Waals surface area (Å²) in [6, 6.07) is 5.58. The molecule has 1 aromatic heterocycles. The largest absolute Gasteiger partial charge is 0.473 e. The normalized spacial score (nSPS) is 14.2. The zero-order valence-electron chi connectivity index (χ0n) is 13.3. The standard InChI is InChI=1S/C16H15F2N3O5/c17-13-4-10(12-3-1-2-9(8-22)14(12)18)5-19-15(13)21-6-11(7-21)20-26-16(23,24)25/h1-5,22-25H,6-8H2. The summed E-state index contributed by atoms with van der Waals surface area (Å²) in [6.45, 7) is -0.260. The number of oxime groups is 1. The first kappa shape index (κ1) is 18.1. The number of nitrogens with zero attached hydrogens (tertiary/aromatic N) is 3. The minimum Gasteiger partial charge on any atom is -0.392 e. The predicted octanol–water partition coefficient (Wildman–Crippen LogP) is 0.300. The van der Waals surface area contributed by atoms with Gasteiger partial charge < -0.3 is 30.2 Å². The van der Waals surface area contributed by atoms with Gasteiger partial charge >= 0.3 is 6.16 Å². The number of anilines is 1. The van der Waals surface area contributed by atoms with E-state index in [0.29, 0.717) is 5.71 Å². The van der Waals surface area contributed by atoms with Gasteiger partial charge in [-0.25, -0.2) is 13.8 Å². The van der Waals surface area contributed by atoms with Crippen molar-refractivity contribution < 1.29 is 34.0 Å². The first-order valence-electron chi connectivity index (χ1n) is 7.48. The second kappa shape index (κ2) is 6.92. The Morgan fingerprint density at radius 3 is 2.58 bits per heavy atom. The van der Waals surface area contributed by atoms with E-state index in [2.05, 4.69) is 15.0 Å². The molecule has 1 saturated heterocycles. The van der Waals surface area contributed by atoms with Gasteiger partial charge in [-0.3, -0.25) is 0 Å². The SMILES string of the molecule is OCc1cccc(-c2cnc(N3CC(=NOC(O)(O)O)C3)c(F)c2)c1F. The van der Waals surface area contributed by atoms with Gasteiger partial charge in [0.2, 0.25) is 0 Å². The number of halogens is 2. The number of pyridine rings is 1. The van der Waals surface area contributed by atoms with Gasteiger partial charge in [0, 0.05) is 22.9 Å². The molecule has 1 fully saturated rings. The Balaban J connectivity index is 1.76. The third kappa shape index (κ3) is 3.78. The summed E-state index contributed by atoms with van der Waals surface area (Å²) in [6.07, 6.45) is -2.06. The molecule has 10 heteroatoms. The molecule has 8 nitrogen and oxygen atoms in total. The fourth-order valence-corrected chi connectivity index (χ4v) is 2.46. The lowest BCUT2D eigenvalue weighted by Crippen LogP contribution is -2.49. The van der Waals surface area contributed by atoms with E-state index in [4.69, 9.17) is 20.4 Å². The van der Waals surface area contributed by atoms with Crippen LogP contribution in [0.2, 0.25) is 0 Å². The van der Waals surface area contributed by atoms with Gasteiger partial charge in [0.1, 0.15) is 5.82 Å². The summed E-state index contributed by atoms with van der Waals surface area (Å²) in [5.74, 6) is -1.31. The Morgan fingerprint density at radius 1 is 1.23 bits per heavy atom. The molecule has 0 saturated carbocycles. The zero-order chi connectivity index (χ0) is 18.9. The maximum atomic E-state index is 14.4. The smallest absolute Gasteiger partial charge is 0.392 e. The Bertz CT molecular complexity index is 846. The third-order valence-electron chi connectivity index (χ3n) is 3.73. The highest BCUT2D eigenvalue weighted by Gasteiger charge is 2.29.